The zero-order chi connectivity index (χ0) is 14.9. The predicted octanol–water partition coefficient (Wildman–Crippen LogP) is 5.44. The fraction of sp³-hybridized carbons (Fsp3) is 0.500. The van der Waals surface area contributed by atoms with Gasteiger partial charge in [-0.1, -0.05) is 68.4 Å². The van der Waals surface area contributed by atoms with Gasteiger partial charge in [-0.05, 0) is 32.1 Å². The van der Waals surface area contributed by atoms with Crippen LogP contribution in [0.15, 0.2) is 48.6 Å². The Morgan fingerprint density at radius 1 is 0.800 bits per heavy atom. The van der Waals surface area contributed by atoms with E-state index in [1.165, 1.54) is 19.3 Å². The van der Waals surface area contributed by atoms with E-state index in [2.05, 4.69) is 43.4 Å². The Hall–Kier alpha value is -1.57. The predicted molar refractivity (Wildman–Crippen MR) is 86.8 cm³/mol. The van der Waals surface area contributed by atoms with Crippen LogP contribution in [0.25, 0.3) is 0 Å². The smallest absolute Gasteiger partial charge is 0.303 e. The maximum atomic E-state index is 10.3. The molecule has 0 fully saturated rings. The summed E-state index contributed by atoms with van der Waals surface area (Å²) in [4.78, 5) is 10.3. The summed E-state index contributed by atoms with van der Waals surface area (Å²) in [5, 5.41) is 8.46. The van der Waals surface area contributed by atoms with E-state index < -0.39 is 5.97 Å². The average Bonchev–Trinajstić information content (AvgIpc) is 2.43. The number of unbranched alkanes of at least 4 members (excludes halogenated alkanes) is 2. The van der Waals surface area contributed by atoms with Gasteiger partial charge in [0.2, 0.25) is 0 Å². The summed E-state index contributed by atoms with van der Waals surface area (Å²) >= 11 is 0. The molecule has 0 saturated carbocycles. The molecule has 0 heterocycles. The van der Waals surface area contributed by atoms with Crippen molar-refractivity contribution in [3.05, 3.63) is 48.6 Å². The number of carboxylic acids is 1. The number of allylic oxidation sites excluding steroid dienone is 8. The molecule has 0 atom stereocenters. The summed E-state index contributed by atoms with van der Waals surface area (Å²) in [7, 11) is 0. The first-order valence-electron chi connectivity index (χ1n) is 7.59. The Morgan fingerprint density at radius 3 is 1.70 bits per heavy atom. The van der Waals surface area contributed by atoms with E-state index in [9.17, 15) is 4.79 Å². The number of hydrogen-bond donors (Lipinski definition) is 1. The van der Waals surface area contributed by atoms with E-state index in [1.807, 2.05) is 12.2 Å². The average molecular weight is 276 g/mol. The summed E-state index contributed by atoms with van der Waals surface area (Å²) in [5.41, 5.74) is 0. The third kappa shape index (κ3) is 16.4. The molecule has 0 aromatic heterocycles. The second-order valence-corrected chi connectivity index (χ2v) is 4.67. The third-order valence-electron chi connectivity index (χ3n) is 2.73. The van der Waals surface area contributed by atoms with E-state index >= 15 is 0 Å². The molecule has 0 aliphatic rings. The van der Waals surface area contributed by atoms with Crippen LogP contribution in [-0.4, -0.2) is 11.1 Å². The molecule has 112 valence electrons. The topological polar surface area (TPSA) is 37.3 Å². The molecule has 0 aromatic rings. The van der Waals surface area contributed by atoms with Crippen molar-refractivity contribution in [3.8, 4) is 0 Å². The van der Waals surface area contributed by atoms with Crippen LogP contribution in [0.1, 0.15) is 58.3 Å². The van der Waals surface area contributed by atoms with E-state index in [0.717, 1.165) is 19.3 Å². The molecule has 0 rings (SSSR count). The van der Waals surface area contributed by atoms with Crippen molar-refractivity contribution in [3.63, 3.8) is 0 Å². The quantitative estimate of drug-likeness (QED) is 0.381. The van der Waals surface area contributed by atoms with Crippen LogP contribution in [-0.2, 0) is 4.79 Å². The molecule has 2 nitrogen and oxygen atoms in total. The number of carbonyl (C=O) groups is 1. The maximum absolute atomic E-state index is 10.3. The summed E-state index contributed by atoms with van der Waals surface area (Å²) in [6.45, 7) is 2.21. The minimum atomic E-state index is -0.737. The van der Waals surface area contributed by atoms with Crippen LogP contribution in [0.5, 0.6) is 0 Å². The molecule has 0 aliphatic heterocycles. The van der Waals surface area contributed by atoms with Crippen molar-refractivity contribution in [1.29, 1.82) is 0 Å². The third-order valence-corrected chi connectivity index (χ3v) is 2.73. The molecule has 1 N–H and O–H groups in total. The monoisotopic (exact) mass is 276 g/mol. The van der Waals surface area contributed by atoms with Crippen LogP contribution >= 0.6 is 0 Å². The summed E-state index contributed by atoms with van der Waals surface area (Å²) in [5.74, 6) is -0.737. The molecule has 0 unspecified atom stereocenters. The van der Waals surface area contributed by atoms with E-state index in [1.54, 1.807) is 0 Å². The molecule has 0 amide bonds. The lowest BCUT2D eigenvalue weighted by Crippen LogP contribution is -1.91. The fourth-order valence-electron chi connectivity index (χ4n) is 1.58. The molecule has 0 spiro atoms. The first kappa shape index (κ1) is 18.4. The number of carboxylic acid groups (broad SMARTS) is 1. The van der Waals surface area contributed by atoms with Gasteiger partial charge in [0.15, 0.2) is 0 Å². The Kier molecular flexibility index (Phi) is 14.3. The highest BCUT2D eigenvalue weighted by atomic mass is 16.4. The van der Waals surface area contributed by atoms with Gasteiger partial charge in [0, 0.05) is 6.42 Å². The van der Waals surface area contributed by atoms with Gasteiger partial charge in [-0.3, -0.25) is 4.79 Å². The normalized spacial score (nSPS) is 12.4. The SMILES string of the molecule is CCCC/C=C/C/C=C/C/C=C/C/C=C/CCC(=O)O. The largest absolute Gasteiger partial charge is 0.481 e. The lowest BCUT2D eigenvalue weighted by molar-refractivity contribution is -0.136. The van der Waals surface area contributed by atoms with E-state index in [4.69, 9.17) is 5.11 Å². The van der Waals surface area contributed by atoms with Crippen molar-refractivity contribution in [2.75, 3.05) is 0 Å². The zero-order valence-electron chi connectivity index (χ0n) is 12.6. The molecule has 20 heavy (non-hydrogen) atoms. The minimum absolute atomic E-state index is 0.217. The highest BCUT2D eigenvalue weighted by Gasteiger charge is 1.90. The molecule has 2 heteroatoms. The van der Waals surface area contributed by atoms with Gasteiger partial charge in [-0.25, -0.2) is 0 Å². The molecule has 0 aliphatic carbocycles. The van der Waals surface area contributed by atoms with Crippen LogP contribution in [0, 0.1) is 0 Å². The Morgan fingerprint density at radius 2 is 1.25 bits per heavy atom. The molecule has 0 aromatic carbocycles. The summed E-state index contributed by atoms with van der Waals surface area (Å²) in [6, 6.07) is 0. The van der Waals surface area contributed by atoms with Crippen molar-refractivity contribution in [2.24, 2.45) is 0 Å². The van der Waals surface area contributed by atoms with Crippen molar-refractivity contribution >= 4 is 5.97 Å². The minimum Gasteiger partial charge on any atom is -0.481 e. The zero-order valence-corrected chi connectivity index (χ0v) is 12.6. The first-order valence-corrected chi connectivity index (χ1v) is 7.59. The van der Waals surface area contributed by atoms with Gasteiger partial charge in [0.25, 0.3) is 0 Å². The van der Waals surface area contributed by atoms with Crippen molar-refractivity contribution in [1.82, 2.24) is 0 Å². The molecular formula is C18H28O2. The highest BCUT2D eigenvalue weighted by molar-refractivity contribution is 5.66. The van der Waals surface area contributed by atoms with Crippen molar-refractivity contribution < 1.29 is 9.90 Å². The molecule has 0 radical (unpaired) electrons. The number of rotatable bonds is 12. The van der Waals surface area contributed by atoms with Crippen LogP contribution in [0.2, 0.25) is 0 Å². The first-order chi connectivity index (χ1) is 9.77. The lowest BCUT2D eigenvalue weighted by atomic mass is 10.2. The highest BCUT2D eigenvalue weighted by Crippen LogP contribution is 1.98. The van der Waals surface area contributed by atoms with Crippen LogP contribution < -0.4 is 0 Å². The van der Waals surface area contributed by atoms with Gasteiger partial charge in [0.05, 0.1) is 0 Å². The van der Waals surface area contributed by atoms with Crippen LogP contribution in [0.3, 0.4) is 0 Å². The molecule has 0 bridgehead atoms. The van der Waals surface area contributed by atoms with Gasteiger partial charge < -0.3 is 5.11 Å². The Labute approximate surface area is 123 Å². The second-order valence-electron chi connectivity index (χ2n) is 4.67. The van der Waals surface area contributed by atoms with Gasteiger partial charge >= 0.3 is 5.97 Å². The van der Waals surface area contributed by atoms with Gasteiger partial charge in [0.1, 0.15) is 0 Å². The van der Waals surface area contributed by atoms with Gasteiger partial charge in [-0.2, -0.15) is 0 Å². The van der Waals surface area contributed by atoms with Gasteiger partial charge in [-0.15, -0.1) is 0 Å². The summed E-state index contributed by atoms with van der Waals surface area (Å²) in [6.07, 6.45) is 24.5. The van der Waals surface area contributed by atoms with Crippen LogP contribution in [0.4, 0.5) is 0 Å². The molecular weight excluding hydrogens is 248 g/mol. The molecule has 0 saturated heterocycles. The number of aliphatic carboxylic acids is 1. The Balaban J connectivity index is 3.42. The standard InChI is InChI=1S/C18H28O2/c1-2-3-4-5-6-7-8-9-10-11-12-13-14-15-16-17-18(19)20/h5-6,8-9,11-12,14-15H,2-4,7,10,13,16-17H2,1H3,(H,19,20)/b6-5+,9-8+,12-11+,15-14+. The van der Waals surface area contributed by atoms with E-state index in [0.29, 0.717) is 6.42 Å². The summed E-state index contributed by atoms with van der Waals surface area (Å²) < 4.78 is 0. The number of hydrogen-bond acceptors (Lipinski definition) is 1. The second kappa shape index (κ2) is 15.5. The fourth-order valence-corrected chi connectivity index (χ4v) is 1.58. The van der Waals surface area contributed by atoms with E-state index in [-0.39, 0.29) is 6.42 Å². The Bertz CT molecular complexity index is 335. The van der Waals surface area contributed by atoms with Crippen molar-refractivity contribution in [2.45, 2.75) is 58.3 Å². The lowest BCUT2D eigenvalue weighted by Gasteiger charge is -1.88. The maximum Gasteiger partial charge on any atom is 0.303 e.